The molecule has 0 spiro atoms. The fourth-order valence-electron chi connectivity index (χ4n) is 2.14. The summed E-state index contributed by atoms with van der Waals surface area (Å²) in [5, 5.41) is 4.19. The van der Waals surface area contributed by atoms with Gasteiger partial charge in [-0.1, -0.05) is 6.07 Å². The third kappa shape index (κ3) is 2.21. The van der Waals surface area contributed by atoms with E-state index in [0.29, 0.717) is 22.7 Å². The van der Waals surface area contributed by atoms with Crippen LogP contribution >= 0.6 is 0 Å². The van der Waals surface area contributed by atoms with Gasteiger partial charge in [-0.05, 0) is 25.1 Å². The van der Waals surface area contributed by atoms with Crippen molar-refractivity contribution in [3.8, 4) is 0 Å². The number of carbonyl (C=O) groups is 1. The smallest absolute Gasteiger partial charge is 0.350 e. The SMILES string of the molecule is Cc1oc(Cn2nc3ccccn3c2=O)cc1C(=O)NN. The minimum atomic E-state index is -0.440. The highest BCUT2D eigenvalue weighted by molar-refractivity contribution is 5.94. The summed E-state index contributed by atoms with van der Waals surface area (Å²) in [6.45, 7) is 1.79. The van der Waals surface area contributed by atoms with Crippen LogP contribution in [0, 0.1) is 6.92 Å². The van der Waals surface area contributed by atoms with Crippen molar-refractivity contribution >= 4 is 11.6 Å². The average molecular weight is 287 g/mol. The van der Waals surface area contributed by atoms with Crippen molar-refractivity contribution in [1.29, 1.82) is 0 Å². The molecule has 8 heteroatoms. The second-order valence-corrected chi connectivity index (χ2v) is 4.53. The van der Waals surface area contributed by atoms with Gasteiger partial charge in [0.1, 0.15) is 18.1 Å². The van der Waals surface area contributed by atoms with Crippen molar-refractivity contribution in [1.82, 2.24) is 19.6 Å². The number of fused-ring (bicyclic) bond motifs is 1. The van der Waals surface area contributed by atoms with E-state index in [2.05, 4.69) is 5.10 Å². The standard InChI is InChI=1S/C13H13N5O3/c1-8-10(12(19)15-14)6-9(21-8)7-18-13(20)17-5-3-2-4-11(17)16-18/h2-6H,7,14H2,1H3,(H,15,19). The fourth-order valence-corrected chi connectivity index (χ4v) is 2.14. The van der Waals surface area contributed by atoms with Crippen LogP contribution in [0.2, 0.25) is 0 Å². The van der Waals surface area contributed by atoms with E-state index in [0.717, 1.165) is 0 Å². The molecule has 21 heavy (non-hydrogen) atoms. The number of amides is 1. The number of nitrogen functional groups attached to an aromatic ring is 1. The predicted molar refractivity (Wildman–Crippen MR) is 73.7 cm³/mol. The molecule has 0 unspecified atom stereocenters. The zero-order chi connectivity index (χ0) is 15.0. The Hall–Kier alpha value is -2.87. The summed E-state index contributed by atoms with van der Waals surface area (Å²) in [4.78, 5) is 23.7. The second kappa shape index (κ2) is 4.91. The van der Waals surface area contributed by atoms with E-state index in [-0.39, 0.29) is 12.2 Å². The van der Waals surface area contributed by atoms with Crippen LogP contribution in [0.1, 0.15) is 21.9 Å². The van der Waals surface area contributed by atoms with Gasteiger partial charge < -0.3 is 4.42 Å². The number of furan rings is 1. The van der Waals surface area contributed by atoms with Gasteiger partial charge in [-0.15, -0.1) is 5.10 Å². The normalized spacial score (nSPS) is 11.0. The maximum atomic E-state index is 12.1. The molecule has 108 valence electrons. The summed E-state index contributed by atoms with van der Waals surface area (Å²) in [6, 6.07) is 6.83. The Morgan fingerprint density at radius 2 is 2.29 bits per heavy atom. The summed E-state index contributed by atoms with van der Waals surface area (Å²) in [7, 11) is 0. The lowest BCUT2D eigenvalue weighted by Gasteiger charge is -1.94. The third-order valence-corrected chi connectivity index (χ3v) is 3.14. The van der Waals surface area contributed by atoms with Crippen molar-refractivity contribution in [2.75, 3.05) is 0 Å². The molecule has 0 fully saturated rings. The Balaban J connectivity index is 1.97. The van der Waals surface area contributed by atoms with Crippen molar-refractivity contribution in [2.45, 2.75) is 13.5 Å². The van der Waals surface area contributed by atoms with Crippen LogP contribution in [0.5, 0.6) is 0 Å². The van der Waals surface area contributed by atoms with E-state index in [1.54, 1.807) is 37.4 Å². The molecule has 1 amide bonds. The molecule has 0 aliphatic carbocycles. The minimum absolute atomic E-state index is 0.138. The second-order valence-electron chi connectivity index (χ2n) is 4.53. The maximum Gasteiger partial charge on any atom is 0.350 e. The van der Waals surface area contributed by atoms with E-state index < -0.39 is 5.91 Å². The number of hydrogen-bond acceptors (Lipinski definition) is 5. The monoisotopic (exact) mass is 287 g/mol. The van der Waals surface area contributed by atoms with E-state index >= 15 is 0 Å². The first-order valence-electron chi connectivity index (χ1n) is 6.24. The van der Waals surface area contributed by atoms with Crippen LogP contribution in [-0.4, -0.2) is 20.1 Å². The molecular formula is C13H13N5O3. The summed E-state index contributed by atoms with van der Waals surface area (Å²) in [5.74, 6) is 5.55. The van der Waals surface area contributed by atoms with Gasteiger partial charge in [0.2, 0.25) is 0 Å². The lowest BCUT2D eigenvalue weighted by Crippen LogP contribution is -2.30. The number of nitrogens with zero attached hydrogens (tertiary/aromatic N) is 3. The molecule has 0 saturated heterocycles. The summed E-state index contributed by atoms with van der Waals surface area (Å²) >= 11 is 0. The first kappa shape index (κ1) is 13.1. The van der Waals surface area contributed by atoms with Crippen molar-refractivity contribution in [3.63, 3.8) is 0 Å². The topological polar surface area (TPSA) is 108 Å². The zero-order valence-electron chi connectivity index (χ0n) is 11.2. The molecule has 0 radical (unpaired) electrons. The van der Waals surface area contributed by atoms with Crippen LogP contribution in [0.4, 0.5) is 0 Å². The van der Waals surface area contributed by atoms with Crippen LogP contribution in [0.15, 0.2) is 39.7 Å². The number of aryl methyl sites for hydroxylation is 1. The van der Waals surface area contributed by atoms with Gasteiger partial charge in [0.25, 0.3) is 5.91 Å². The highest BCUT2D eigenvalue weighted by atomic mass is 16.3. The van der Waals surface area contributed by atoms with Gasteiger partial charge in [0.05, 0.1) is 5.56 Å². The molecule has 3 N–H and O–H groups in total. The van der Waals surface area contributed by atoms with Crippen LogP contribution in [0.25, 0.3) is 5.65 Å². The van der Waals surface area contributed by atoms with Crippen molar-refractivity contribution < 1.29 is 9.21 Å². The molecule has 0 aromatic carbocycles. The highest BCUT2D eigenvalue weighted by Crippen LogP contribution is 2.15. The largest absolute Gasteiger partial charge is 0.464 e. The Kier molecular flexibility index (Phi) is 3.07. The number of carbonyl (C=O) groups excluding carboxylic acids is 1. The van der Waals surface area contributed by atoms with Gasteiger partial charge in [-0.3, -0.25) is 14.6 Å². The summed E-state index contributed by atoms with van der Waals surface area (Å²) in [5.41, 5.74) is 2.66. The van der Waals surface area contributed by atoms with E-state index in [1.807, 2.05) is 5.43 Å². The third-order valence-electron chi connectivity index (χ3n) is 3.14. The molecular weight excluding hydrogens is 274 g/mol. The molecule has 0 aliphatic heterocycles. The van der Waals surface area contributed by atoms with Crippen LogP contribution in [-0.2, 0) is 6.54 Å². The van der Waals surface area contributed by atoms with E-state index in [1.165, 1.54) is 9.08 Å². The lowest BCUT2D eigenvalue weighted by atomic mass is 10.2. The number of hydrazine groups is 1. The molecule has 3 heterocycles. The maximum absolute atomic E-state index is 12.1. The van der Waals surface area contributed by atoms with Crippen LogP contribution < -0.4 is 17.0 Å². The Labute approximate surface area is 118 Å². The van der Waals surface area contributed by atoms with E-state index in [9.17, 15) is 9.59 Å². The highest BCUT2D eigenvalue weighted by Gasteiger charge is 2.15. The van der Waals surface area contributed by atoms with Gasteiger partial charge >= 0.3 is 5.69 Å². The molecule has 0 saturated carbocycles. The molecule has 0 atom stereocenters. The molecule has 0 bridgehead atoms. The van der Waals surface area contributed by atoms with Crippen molar-refractivity contribution in [2.24, 2.45) is 5.84 Å². The number of nitrogens with two attached hydrogens (primary N) is 1. The number of pyridine rings is 1. The first-order chi connectivity index (χ1) is 10.1. The Morgan fingerprint density at radius 3 is 3.00 bits per heavy atom. The van der Waals surface area contributed by atoms with Gasteiger partial charge in [0, 0.05) is 6.20 Å². The first-order valence-corrected chi connectivity index (χ1v) is 6.24. The summed E-state index contributed by atoms with van der Waals surface area (Å²) < 4.78 is 8.18. The number of nitrogens with one attached hydrogen (secondary N) is 1. The molecule has 0 aliphatic rings. The Bertz CT molecular complexity index is 873. The minimum Gasteiger partial charge on any atom is -0.464 e. The molecule has 8 nitrogen and oxygen atoms in total. The van der Waals surface area contributed by atoms with Crippen LogP contribution in [0.3, 0.4) is 0 Å². The fraction of sp³-hybridized carbons (Fsp3) is 0.154. The van der Waals surface area contributed by atoms with Gasteiger partial charge in [-0.2, -0.15) is 0 Å². The lowest BCUT2D eigenvalue weighted by molar-refractivity contribution is 0.0952. The quantitative estimate of drug-likeness (QED) is 0.402. The zero-order valence-corrected chi connectivity index (χ0v) is 11.2. The van der Waals surface area contributed by atoms with Gasteiger partial charge in [-0.25, -0.2) is 15.3 Å². The molecule has 3 aromatic rings. The van der Waals surface area contributed by atoms with E-state index in [4.69, 9.17) is 10.3 Å². The number of hydrogen-bond donors (Lipinski definition) is 2. The average Bonchev–Trinajstić information content (AvgIpc) is 3.00. The summed E-state index contributed by atoms with van der Waals surface area (Å²) in [6.07, 6.45) is 1.64. The predicted octanol–water partition coefficient (Wildman–Crippen LogP) is 0.0492. The number of aromatic nitrogens is 3. The van der Waals surface area contributed by atoms with Crippen molar-refractivity contribution in [3.05, 3.63) is 58.0 Å². The molecule has 3 rings (SSSR count). The molecule has 3 aromatic heterocycles. The number of rotatable bonds is 3. The Morgan fingerprint density at radius 1 is 1.48 bits per heavy atom. The van der Waals surface area contributed by atoms with Gasteiger partial charge in [0.15, 0.2) is 5.65 Å².